The van der Waals surface area contributed by atoms with Gasteiger partial charge in [-0.25, -0.2) is 0 Å². The molecule has 4 nitrogen and oxygen atoms in total. The molecule has 1 amide bonds. The number of hydrogen-bond acceptors (Lipinski definition) is 3. The van der Waals surface area contributed by atoms with Crippen LogP contribution in [-0.4, -0.2) is 25.6 Å². The minimum Gasteiger partial charge on any atom is -0.496 e. The maximum absolute atomic E-state index is 11.1. The van der Waals surface area contributed by atoms with Crippen LogP contribution < -0.4 is 15.4 Å². The summed E-state index contributed by atoms with van der Waals surface area (Å²) in [5.41, 5.74) is 2.34. The zero-order valence-corrected chi connectivity index (χ0v) is 11.8. The van der Waals surface area contributed by atoms with Crippen molar-refractivity contribution in [1.29, 1.82) is 0 Å². The second-order valence-electron chi connectivity index (χ2n) is 5.18. The maximum atomic E-state index is 11.1. The van der Waals surface area contributed by atoms with Gasteiger partial charge in [-0.3, -0.25) is 4.79 Å². The number of carbonyl (C=O) groups excluding carboxylic acids is 1. The van der Waals surface area contributed by atoms with Crippen molar-refractivity contribution in [3.63, 3.8) is 0 Å². The highest BCUT2D eigenvalue weighted by atomic mass is 16.5. The van der Waals surface area contributed by atoms with Crippen molar-refractivity contribution in [2.75, 3.05) is 13.7 Å². The van der Waals surface area contributed by atoms with Crippen molar-refractivity contribution in [2.45, 2.75) is 38.8 Å². The largest absolute Gasteiger partial charge is 0.496 e. The van der Waals surface area contributed by atoms with Crippen LogP contribution in [0.15, 0.2) is 18.2 Å². The van der Waals surface area contributed by atoms with Gasteiger partial charge < -0.3 is 15.4 Å². The molecular weight excluding hydrogens is 240 g/mol. The molecule has 2 N–H and O–H groups in total. The second-order valence-corrected chi connectivity index (χ2v) is 5.18. The Morgan fingerprint density at radius 3 is 2.95 bits per heavy atom. The fraction of sp³-hybridized carbons (Fsp3) is 0.533. The Morgan fingerprint density at radius 2 is 2.32 bits per heavy atom. The number of amides is 1. The van der Waals surface area contributed by atoms with Gasteiger partial charge in [0, 0.05) is 30.6 Å². The molecule has 2 unspecified atom stereocenters. The molecule has 1 aromatic carbocycles. The molecule has 2 rings (SSSR count). The van der Waals surface area contributed by atoms with Crippen LogP contribution in [0.1, 0.15) is 36.9 Å². The molecule has 1 saturated heterocycles. The normalized spacial score (nSPS) is 20.2. The highest BCUT2D eigenvalue weighted by Gasteiger charge is 2.21. The van der Waals surface area contributed by atoms with E-state index in [0.717, 1.165) is 24.3 Å². The van der Waals surface area contributed by atoms with Crippen molar-refractivity contribution in [3.05, 3.63) is 29.3 Å². The number of methoxy groups -OCH3 is 1. The van der Waals surface area contributed by atoms with Gasteiger partial charge in [0.25, 0.3) is 0 Å². The highest BCUT2D eigenvalue weighted by Crippen LogP contribution is 2.26. The Balaban J connectivity index is 1.95. The van der Waals surface area contributed by atoms with Crippen LogP contribution in [0.5, 0.6) is 5.75 Å². The van der Waals surface area contributed by atoms with Gasteiger partial charge >= 0.3 is 0 Å². The van der Waals surface area contributed by atoms with Gasteiger partial charge in [0.15, 0.2) is 0 Å². The van der Waals surface area contributed by atoms with E-state index in [-0.39, 0.29) is 18.0 Å². The lowest BCUT2D eigenvalue weighted by Gasteiger charge is -2.20. The number of carbonyl (C=O) groups is 1. The molecule has 0 bridgehead atoms. The fourth-order valence-electron chi connectivity index (χ4n) is 2.44. The third kappa shape index (κ3) is 3.47. The first kappa shape index (κ1) is 13.9. The fourth-order valence-corrected chi connectivity index (χ4v) is 2.44. The Labute approximate surface area is 114 Å². The SMILES string of the molecule is COc1cc(C)ccc1C(C)NCC1CCC(=O)N1. The van der Waals surface area contributed by atoms with Crippen LogP contribution in [0.3, 0.4) is 0 Å². The van der Waals surface area contributed by atoms with E-state index in [1.165, 1.54) is 5.56 Å². The molecule has 104 valence electrons. The van der Waals surface area contributed by atoms with Crippen molar-refractivity contribution < 1.29 is 9.53 Å². The molecule has 0 saturated carbocycles. The van der Waals surface area contributed by atoms with Crippen molar-refractivity contribution in [2.24, 2.45) is 0 Å². The van der Waals surface area contributed by atoms with Crippen molar-refractivity contribution in [1.82, 2.24) is 10.6 Å². The first-order chi connectivity index (χ1) is 9.10. The molecule has 19 heavy (non-hydrogen) atoms. The van der Waals surface area contributed by atoms with Gasteiger partial charge in [0.2, 0.25) is 5.91 Å². The standard InChI is InChI=1S/C15H22N2O2/c1-10-4-6-13(14(8-10)19-3)11(2)16-9-12-5-7-15(18)17-12/h4,6,8,11-12,16H,5,7,9H2,1-3H3,(H,17,18). The average Bonchev–Trinajstić information content (AvgIpc) is 2.81. The monoisotopic (exact) mass is 262 g/mol. The van der Waals surface area contributed by atoms with E-state index in [9.17, 15) is 4.79 Å². The van der Waals surface area contributed by atoms with Crippen LogP contribution in [0, 0.1) is 6.92 Å². The van der Waals surface area contributed by atoms with Crippen molar-refractivity contribution in [3.8, 4) is 5.75 Å². The first-order valence-corrected chi connectivity index (χ1v) is 6.77. The average molecular weight is 262 g/mol. The third-order valence-electron chi connectivity index (χ3n) is 3.61. The molecular formula is C15H22N2O2. The summed E-state index contributed by atoms with van der Waals surface area (Å²) in [6.45, 7) is 4.96. The number of rotatable bonds is 5. The molecule has 1 aliphatic heterocycles. The minimum absolute atomic E-state index is 0.160. The summed E-state index contributed by atoms with van der Waals surface area (Å²) in [6.07, 6.45) is 1.57. The third-order valence-corrected chi connectivity index (χ3v) is 3.61. The van der Waals surface area contributed by atoms with Crippen LogP contribution >= 0.6 is 0 Å². The van der Waals surface area contributed by atoms with Crippen LogP contribution in [0.25, 0.3) is 0 Å². The van der Waals surface area contributed by atoms with Crippen molar-refractivity contribution >= 4 is 5.91 Å². The Morgan fingerprint density at radius 1 is 1.53 bits per heavy atom. The lowest BCUT2D eigenvalue weighted by molar-refractivity contribution is -0.119. The summed E-state index contributed by atoms with van der Waals surface area (Å²) >= 11 is 0. The van der Waals surface area contributed by atoms with E-state index in [1.54, 1.807) is 7.11 Å². The predicted octanol–water partition coefficient (Wildman–Crippen LogP) is 1.93. The van der Waals surface area contributed by atoms with E-state index in [1.807, 2.05) is 6.07 Å². The molecule has 1 fully saturated rings. The zero-order valence-electron chi connectivity index (χ0n) is 11.8. The molecule has 1 aliphatic rings. The highest BCUT2D eigenvalue weighted by molar-refractivity contribution is 5.78. The lowest BCUT2D eigenvalue weighted by atomic mass is 10.0. The summed E-state index contributed by atoms with van der Waals surface area (Å²) < 4.78 is 5.43. The summed E-state index contributed by atoms with van der Waals surface area (Å²) in [7, 11) is 1.70. The van der Waals surface area contributed by atoms with Crippen LogP contribution in [0.4, 0.5) is 0 Å². The van der Waals surface area contributed by atoms with Gasteiger partial charge in [-0.15, -0.1) is 0 Å². The maximum Gasteiger partial charge on any atom is 0.220 e. The van der Waals surface area contributed by atoms with Gasteiger partial charge in [0.1, 0.15) is 5.75 Å². The molecule has 1 aromatic rings. The van der Waals surface area contributed by atoms with E-state index in [2.05, 4.69) is 36.6 Å². The zero-order chi connectivity index (χ0) is 13.8. The van der Waals surface area contributed by atoms with Gasteiger partial charge in [0.05, 0.1) is 7.11 Å². The summed E-state index contributed by atoms with van der Waals surface area (Å²) in [5.74, 6) is 1.07. The Bertz CT molecular complexity index is 459. The molecule has 1 heterocycles. The number of hydrogen-bond donors (Lipinski definition) is 2. The molecule has 4 heteroatoms. The smallest absolute Gasteiger partial charge is 0.220 e. The minimum atomic E-state index is 0.160. The number of ether oxygens (including phenoxy) is 1. The summed E-state index contributed by atoms with van der Waals surface area (Å²) in [6, 6.07) is 6.69. The molecule has 0 spiro atoms. The van der Waals surface area contributed by atoms with E-state index < -0.39 is 0 Å². The van der Waals surface area contributed by atoms with Gasteiger partial charge in [-0.05, 0) is 31.9 Å². The van der Waals surface area contributed by atoms with Gasteiger partial charge in [-0.2, -0.15) is 0 Å². The second kappa shape index (κ2) is 6.06. The number of aryl methyl sites for hydroxylation is 1. The van der Waals surface area contributed by atoms with Crippen LogP contribution in [-0.2, 0) is 4.79 Å². The van der Waals surface area contributed by atoms with E-state index in [0.29, 0.717) is 6.42 Å². The Hall–Kier alpha value is -1.55. The summed E-state index contributed by atoms with van der Waals surface area (Å²) in [4.78, 5) is 11.1. The van der Waals surface area contributed by atoms with Gasteiger partial charge in [-0.1, -0.05) is 12.1 Å². The Kier molecular flexibility index (Phi) is 4.43. The molecule has 0 aliphatic carbocycles. The lowest BCUT2D eigenvalue weighted by Crippen LogP contribution is -2.36. The quantitative estimate of drug-likeness (QED) is 0.852. The topological polar surface area (TPSA) is 50.4 Å². The van der Waals surface area contributed by atoms with Crippen LogP contribution in [0.2, 0.25) is 0 Å². The number of nitrogens with one attached hydrogen (secondary N) is 2. The van der Waals surface area contributed by atoms with E-state index in [4.69, 9.17) is 4.74 Å². The molecule has 0 aromatic heterocycles. The molecule has 2 atom stereocenters. The summed E-state index contributed by atoms with van der Waals surface area (Å²) in [5, 5.41) is 6.43. The molecule has 0 radical (unpaired) electrons. The first-order valence-electron chi connectivity index (χ1n) is 6.77. The number of benzene rings is 1. The van der Waals surface area contributed by atoms with E-state index >= 15 is 0 Å². The predicted molar refractivity (Wildman–Crippen MR) is 75.3 cm³/mol.